The Kier molecular flexibility index (Phi) is 6.49. The second-order valence-corrected chi connectivity index (χ2v) is 5.66. The molecule has 0 amide bonds. The van der Waals surface area contributed by atoms with E-state index in [4.69, 9.17) is 15.3 Å². The molecule has 0 spiro atoms. The van der Waals surface area contributed by atoms with Gasteiger partial charge in [0.25, 0.3) is 0 Å². The van der Waals surface area contributed by atoms with Crippen LogP contribution in [0.2, 0.25) is 0 Å². The van der Waals surface area contributed by atoms with Gasteiger partial charge >= 0.3 is 0 Å². The van der Waals surface area contributed by atoms with Crippen molar-refractivity contribution in [2.75, 3.05) is 13.2 Å². The predicted molar refractivity (Wildman–Crippen MR) is 85.3 cm³/mol. The van der Waals surface area contributed by atoms with E-state index in [1.54, 1.807) is 0 Å². The lowest BCUT2D eigenvalue weighted by atomic mass is 9.85. The predicted octanol–water partition coefficient (Wildman–Crippen LogP) is 2.98. The van der Waals surface area contributed by atoms with Gasteiger partial charge in [0.15, 0.2) is 0 Å². The quantitative estimate of drug-likeness (QED) is 0.571. The van der Waals surface area contributed by atoms with Crippen molar-refractivity contribution >= 4 is 0 Å². The molecule has 3 N–H and O–H groups in total. The van der Waals surface area contributed by atoms with Crippen LogP contribution in [0, 0.1) is 0 Å². The number of para-hydroxylation sites is 1. The van der Waals surface area contributed by atoms with Crippen LogP contribution in [0.15, 0.2) is 24.3 Å². The Morgan fingerprint density at radius 1 is 1.38 bits per heavy atom. The summed E-state index contributed by atoms with van der Waals surface area (Å²) in [6, 6.07) is 8.51. The third-order valence-corrected chi connectivity index (χ3v) is 4.24. The molecule has 0 aromatic heterocycles. The summed E-state index contributed by atoms with van der Waals surface area (Å²) >= 11 is 0. The van der Waals surface area contributed by atoms with Crippen LogP contribution < -0.4 is 16.0 Å². The highest BCUT2D eigenvalue weighted by atomic mass is 16.5. The van der Waals surface area contributed by atoms with Crippen LogP contribution in [-0.2, 0) is 4.74 Å². The summed E-state index contributed by atoms with van der Waals surface area (Å²) in [6.45, 7) is 5.74. The maximum absolute atomic E-state index is 5.89. The van der Waals surface area contributed by atoms with E-state index in [-0.39, 0.29) is 12.1 Å². The molecular formula is C17H28N2O2. The average Bonchev–Trinajstić information content (AvgIpc) is 2.52. The minimum absolute atomic E-state index is 0.181. The van der Waals surface area contributed by atoms with Gasteiger partial charge in [-0.1, -0.05) is 31.5 Å². The largest absolute Gasteiger partial charge is 0.493 e. The molecule has 0 fully saturated rings. The first-order valence-electron chi connectivity index (χ1n) is 8.09. The van der Waals surface area contributed by atoms with Crippen molar-refractivity contribution in [3.63, 3.8) is 0 Å². The summed E-state index contributed by atoms with van der Waals surface area (Å²) in [6.07, 6.45) is 4.35. The zero-order valence-corrected chi connectivity index (χ0v) is 13.2. The minimum atomic E-state index is 0.181. The highest BCUT2D eigenvalue weighted by molar-refractivity contribution is 5.37. The van der Waals surface area contributed by atoms with Gasteiger partial charge in [0.1, 0.15) is 5.75 Å². The number of fused-ring (bicyclic) bond motifs is 1. The second-order valence-electron chi connectivity index (χ2n) is 5.66. The highest BCUT2D eigenvalue weighted by Gasteiger charge is 2.28. The first-order valence-corrected chi connectivity index (χ1v) is 8.09. The number of benzene rings is 1. The van der Waals surface area contributed by atoms with Gasteiger partial charge in [0.2, 0.25) is 0 Å². The first-order chi connectivity index (χ1) is 10.3. The molecule has 1 aromatic carbocycles. The summed E-state index contributed by atoms with van der Waals surface area (Å²) in [5.74, 6) is 7.31. The molecule has 3 atom stereocenters. The summed E-state index contributed by atoms with van der Waals surface area (Å²) in [7, 11) is 0. The van der Waals surface area contributed by atoms with Crippen molar-refractivity contribution < 1.29 is 9.47 Å². The smallest absolute Gasteiger partial charge is 0.122 e. The summed E-state index contributed by atoms with van der Waals surface area (Å²) in [5, 5.41) is 0. The summed E-state index contributed by atoms with van der Waals surface area (Å²) < 4.78 is 11.6. The molecular weight excluding hydrogens is 264 g/mol. The molecule has 118 valence electrons. The fourth-order valence-electron chi connectivity index (χ4n) is 3.19. The molecule has 0 saturated heterocycles. The Morgan fingerprint density at radius 3 is 2.90 bits per heavy atom. The van der Waals surface area contributed by atoms with E-state index < -0.39 is 0 Å². The molecule has 0 saturated carbocycles. The topological polar surface area (TPSA) is 56.5 Å². The molecule has 4 nitrogen and oxygen atoms in total. The SMILES string of the molecule is CCCC(OCC)C(CC1CCOc2ccccc21)NN. The molecule has 0 bridgehead atoms. The van der Waals surface area contributed by atoms with Gasteiger partial charge in [0, 0.05) is 12.6 Å². The Morgan fingerprint density at radius 2 is 2.19 bits per heavy atom. The fraction of sp³-hybridized carbons (Fsp3) is 0.647. The van der Waals surface area contributed by atoms with Crippen molar-refractivity contribution in [1.82, 2.24) is 5.43 Å². The summed E-state index contributed by atoms with van der Waals surface area (Å²) in [5.41, 5.74) is 4.29. The number of rotatable bonds is 8. The van der Waals surface area contributed by atoms with Crippen molar-refractivity contribution in [3.05, 3.63) is 29.8 Å². The molecule has 1 aliphatic heterocycles. The zero-order chi connectivity index (χ0) is 15.1. The highest BCUT2D eigenvalue weighted by Crippen LogP contribution is 2.36. The van der Waals surface area contributed by atoms with Crippen LogP contribution in [0.1, 0.15) is 51.0 Å². The van der Waals surface area contributed by atoms with E-state index in [0.29, 0.717) is 5.92 Å². The van der Waals surface area contributed by atoms with E-state index in [9.17, 15) is 0 Å². The lowest BCUT2D eigenvalue weighted by molar-refractivity contribution is 0.0229. The van der Waals surface area contributed by atoms with Crippen LogP contribution in [0.4, 0.5) is 0 Å². The van der Waals surface area contributed by atoms with Crippen LogP contribution in [-0.4, -0.2) is 25.4 Å². The second kappa shape index (κ2) is 8.37. The van der Waals surface area contributed by atoms with Gasteiger partial charge < -0.3 is 9.47 Å². The molecule has 1 heterocycles. The van der Waals surface area contributed by atoms with Gasteiger partial charge in [0.05, 0.1) is 12.7 Å². The number of nitrogens with two attached hydrogens (primary N) is 1. The van der Waals surface area contributed by atoms with E-state index in [2.05, 4.69) is 30.5 Å². The lowest BCUT2D eigenvalue weighted by Gasteiger charge is -2.32. The lowest BCUT2D eigenvalue weighted by Crippen LogP contribution is -2.46. The van der Waals surface area contributed by atoms with E-state index in [1.165, 1.54) is 5.56 Å². The molecule has 1 aliphatic rings. The van der Waals surface area contributed by atoms with E-state index >= 15 is 0 Å². The Hall–Kier alpha value is -1.10. The molecule has 1 aromatic rings. The Balaban J connectivity index is 2.08. The van der Waals surface area contributed by atoms with Gasteiger partial charge in [-0.25, -0.2) is 0 Å². The van der Waals surface area contributed by atoms with E-state index in [1.807, 2.05) is 13.0 Å². The van der Waals surface area contributed by atoms with Gasteiger partial charge in [-0.05, 0) is 43.7 Å². The van der Waals surface area contributed by atoms with Crippen molar-refractivity contribution in [2.24, 2.45) is 5.84 Å². The average molecular weight is 292 g/mol. The monoisotopic (exact) mass is 292 g/mol. The molecule has 21 heavy (non-hydrogen) atoms. The van der Waals surface area contributed by atoms with Gasteiger partial charge in [-0.15, -0.1) is 0 Å². The third-order valence-electron chi connectivity index (χ3n) is 4.24. The number of nitrogens with one attached hydrogen (secondary N) is 1. The molecule has 4 heteroatoms. The third kappa shape index (κ3) is 4.19. The van der Waals surface area contributed by atoms with Crippen LogP contribution >= 0.6 is 0 Å². The zero-order valence-electron chi connectivity index (χ0n) is 13.2. The first kappa shape index (κ1) is 16.3. The van der Waals surface area contributed by atoms with E-state index in [0.717, 1.165) is 44.6 Å². The molecule has 0 radical (unpaired) electrons. The van der Waals surface area contributed by atoms with Crippen molar-refractivity contribution in [2.45, 2.75) is 57.6 Å². The minimum Gasteiger partial charge on any atom is -0.493 e. The maximum atomic E-state index is 5.89. The fourth-order valence-corrected chi connectivity index (χ4v) is 3.19. The number of hydrogen-bond acceptors (Lipinski definition) is 4. The number of hydrogen-bond donors (Lipinski definition) is 2. The summed E-state index contributed by atoms with van der Waals surface area (Å²) in [4.78, 5) is 0. The number of hydrazine groups is 1. The van der Waals surface area contributed by atoms with Crippen LogP contribution in [0.3, 0.4) is 0 Å². The maximum Gasteiger partial charge on any atom is 0.122 e. The molecule has 0 aliphatic carbocycles. The van der Waals surface area contributed by atoms with Crippen molar-refractivity contribution in [3.8, 4) is 5.75 Å². The Labute approximate surface area is 128 Å². The Bertz CT molecular complexity index is 419. The van der Waals surface area contributed by atoms with Crippen LogP contribution in [0.25, 0.3) is 0 Å². The van der Waals surface area contributed by atoms with Crippen molar-refractivity contribution in [1.29, 1.82) is 0 Å². The van der Waals surface area contributed by atoms with Gasteiger partial charge in [-0.2, -0.15) is 0 Å². The standard InChI is InChI=1S/C17H28N2O2/c1-3-7-17(20-4-2)15(19-18)12-13-10-11-21-16-9-6-5-8-14(13)16/h5-6,8-9,13,15,17,19H,3-4,7,10-12,18H2,1-2H3. The normalized spacial score (nSPS) is 20.4. The van der Waals surface area contributed by atoms with Crippen LogP contribution in [0.5, 0.6) is 5.75 Å². The molecule has 3 unspecified atom stereocenters. The number of ether oxygens (including phenoxy) is 2. The molecule has 2 rings (SSSR count). The van der Waals surface area contributed by atoms with Gasteiger partial charge in [-0.3, -0.25) is 11.3 Å².